The highest BCUT2D eigenvalue weighted by molar-refractivity contribution is 7.48. The monoisotopic (exact) mass is 762 g/mol. The standard InChI is InChI=1S/C29H56N4O15P2/c1-7-13-41-49(37,45-21-27(30)19-39-15-9-23(3)47-25(5)34)43-17-11-32-29(36)33-12-18-44-50(38,42-14-8-2)46-22-28(31)20-40-16-10-24(4)48-26(6)35/h7-8,23-24,27-28H,1-2,9-22,30-31H2,3-6H3,(H2,32,33,36)/t23-,24-,27-,28-,49?,50?/m1/s1. The third-order valence-corrected chi connectivity index (χ3v) is 8.46. The fourth-order valence-corrected chi connectivity index (χ4v) is 5.74. The molecule has 0 aromatic carbocycles. The van der Waals surface area contributed by atoms with Crippen LogP contribution in [0.2, 0.25) is 0 Å². The highest BCUT2D eigenvalue weighted by atomic mass is 31.2. The first-order chi connectivity index (χ1) is 23.6. The van der Waals surface area contributed by atoms with Crippen LogP contribution in [0.3, 0.4) is 0 Å². The van der Waals surface area contributed by atoms with E-state index < -0.39 is 33.8 Å². The second kappa shape index (κ2) is 28.3. The van der Waals surface area contributed by atoms with Crippen molar-refractivity contribution in [3.63, 3.8) is 0 Å². The Morgan fingerprint density at radius 2 is 1.02 bits per heavy atom. The summed E-state index contributed by atoms with van der Waals surface area (Å²) in [7, 11) is -8.12. The van der Waals surface area contributed by atoms with Crippen molar-refractivity contribution in [3.05, 3.63) is 25.3 Å². The van der Waals surface area contributed by atoms with E-state index in [2.05, 4.69) is 23.8 Å². The van der Waals surface area contributed by atoms with Crippen molar-refractivity contribution in [2.45, 2.75) is 64.8 Å². The SMILES string of the molecule is C=CCOP(=O)(OCCNC(=O)NCCOP(=O)(OCC=C)OC[C@H](N)COCC[C@@H](C)OC(C)=O)OC[C@H](N)COCC[C@@H](C)OC(C)=O. The van der Waals surface area contributed by atoms with Gasteiger partial charge >= 0.3 is 33.6 Å². The number of hydrogen-bond acceptors (Lipinski definition) is 17. The number of nitrogens with one attached hydrogen (secondary N) is 2. The van der Waals surface area contributed by atoms with E-state index in [0.717, 1.165) is 0 Å². The summed E-state index contributed by atoms with van der Waals surface area (Å²) in [4.78, 5) is 34.1. The Balaban J connectivity index is 4.46. The van der Waals surface area contributed by atoms with Gasteiger partial charge < -0.3 is 41.0 Å². The first-order valence-corrected chi connectivity index (χ1v) is 18.9. The van der Waals surface area contributed by atoms with E-state index in [0.29, 0.717) is 12.8 Å². The number of amides is 2. The smallest absolute Gasteiger partial charge is 0.463 e. The van der Waals surface area contributed by atoms with Gasteiger partial charge in [0, 0.05) is 39.8 Å². The maximum absolute atomic E-state index is 13.0. The molecule has 2 unspecified atom stereocenters. The molecule has 0 radical (unpaired) electrons. The number of carbonyl (C=O) groups is 3. The number of ether oxygens (including phenoxy) is 4. The highest BCUT2D eigenvalue weighted by Crippen LogP contribution is 2.50. The zero-order chi connectivity index (χ0) is 37.8. The predicted octanol–water partition coefficient (Wildman–Crippen LogP) is 2.34. The topological polar surface area (TPSA) is 254 Å². The molecule has 0 fully saturated rings. The van der Waals surface area contributed by atoms with Crippen LogP contribution in [-0.4, -0.2) is 121 Å². The molecule has 292 valence electrons. The van der Waals surface area contributed by atoms with Crippen molar-refractivity contribution >= 4 is 33.6 Å². The van der Waals surface area contributed by atoms with Crippen LogP contribution in [0.15, 0.2) is 25.3 Å². The second-order valence-electron chi connectivity index (χ2n) is 10.6. The first-order valence-electron chi connectivity index (χ1n) is 16.0. The molecule has 0 bridgehead atoms. The van der Waals surface area contributed by atoms with Crippen molar-refractivity contribution in [1.29, 1.82) is 0 Å². The van der Waals surface area contributed by atoms with E-state index in [1.54, 1.807) is 13.8 Å². The molecule has 2 amide bonds. The Kier molecular flexibility index (Phi) is 27.1. The summed E-state index contributed by atoms with van der Waals surface area (Å²) in [6.45, 7) is 12.5. The van der Waals surface area contributed by atoms with Gasteiger partial charge in [0.05, 0.1) is 78.2 Å². The van der Waals surface area contributed by atoms with Gasteiger partial charge in [-0.05, 0) is 13.8 Å². The van der Waals surface area contributed by atoms with E-state index in [1.165, 1.54) is 26.0 Å². The molecule has 6 atom stereocenters. The number of urea groups is 1. The largest absolute Gasteiger partial charge is 0.475 e. The Morgan fingerprint density at radius 3 is 1.36 bits per heavy atom. The summed E-state index contributed by atoms with van der Waals surface area (Å²) in [5.74, 6) is -0.765. The Labute approximate surface area is 294 Å². The zero-order valence-corrected chi connectivity index (χ0v) is 31.2. The normalized spacial score (nSPS) is 16.1. The quantitative estimate of drug-likeness (QED) is 0.0332. The predicted molar refractivity (Wildman–Crippen MR) is 182 cm³/mol. The Bertz CT molecular complexity index is 1010. The second-order valence-corrected chi connectivity index (χ2v) is 13.9. The third kappa shape index (κ3) is 27.5. The van der Waals surface area contributed by atoms with Crippen LogP contribution in [0.25, 0.3) is 0 Å². The molecular weight excluding hydrogens is 706 g/mol. The minimum atomic E-state index is -4.06. The summed E-state index contributed by atoms with van der Waals surface area (Å²) in [5, 5.41) is 4.97. The molecular formula is C29H56N4O15P2. The first kappa shape index (κ1) is 47.8. The highest BCUT2D eigenvalue weighted by Gasteiger charge is 2.28. The van der Waals surface area contributed by atoms with Gasteiger partial charge in [-0.1, -0.05) is 12.2 Å². The maximum atomic E-state index is 13.0. The van der Waals surface area contributed by atoms with Crippen LogP contribution in [0.4, 0.5) is 4.79 Å². The van der Waals surface area contributed by atoms with E-state index in [9.17, 15) is 23.5 Å². The molecule has 0 aliphatic carbocycles. The van der Waals surface area contributed by atoms with Gasteiger partial charge in [-0.3, -0.25) is 36.7 Å². The summed E-state index contributed by atoms with van der Waals surface area (Å²) < 4.78 is 78.3. The van der Waals surface area contributed by atoms with E-state index in [4.69, 9.17) is 57.6 Å². The Hall–Kier alpha value is -2.25. The number of phosphoric acid groups is 2. The molecule has 0 rings (SSSR count). The average Bonchev–Trinajstić information content (AvgIpc) is 3.05. The summed E-state index contributed by atoms with van der Waals surface area (Å²) in [6.07, 6.45) is 3.03. The lowest BCUT2D eigenvalue weighted by Gasteiger charge is -2.20. The molecule has 6 N–H and O–H groups in total. The lowest BCUT2D eigenvalue weighted by atomic mass is 10.3. The number of esters is 2. The molecule has 0 heterocycles. The lowest BCUT2D eigenvalue weighted by Crippen LogP contribution is -2.38. The molecule has 19 nitrogen and oxygen atoms in total. The Morgan fingerprint density at radius 1 is 0.640 bits per heavy atom. The third-order valence-electron chi connectivity index (χ3n) is 5.60. The molecule has 0 saturated carbocycles. The van der Waals surface area contributed by atoms with Crippen molar-refractivity contribution in [3.8, 4) is 0 Å². The zero-order valence-electron chi connectivity index (χ0n) is 29.5. The molecule has 0 aliphatic heterocycles. The number of rotatable bonds is 32. The van der Waals surface area contributed by atoms with Crippen LogP contribution in [0.5, 0.6) is 0 Å². The average molecular weight is 763 g/mol. The van der Waals surface area contributed by atoms with Crippen molar-refractivity contribution < 1.29 is 69.6 Å². The van der Waals surface area contributed by atoms with Crippen molar-refractivity contribution in [2.75, 3.05) is 79.2 Å². The van der Waals surface area contributed by atoms with Gasteiger partial charge in [-0.2, -0.15) is 0 Å². The van der Waals surface area contributed by atoms with Crippen molar-refractivity contribution in [2.24, 2.45) is 11.5 Å². The van der Waals surface area contributed by atoms with Crippen LogP contribution in [0.1, 0.15) is 40.5 Å². The maximum Gasteiger partial charge on any atom is 0.475 e. The molecule has 0 saturated heterocycles. The van der Waals surface area contributed by atoms with Crippen molar-refractivity contribution in [1.82, 2.24) is 10.6 Å². The molecule has 0 aliphatic rings. The molecule has 0 spiro atoms. The fraction of sp³-hybridized carbons (Fsp3) is 0.759. The van der Waals surface area contributed by atoms with Gasteiger partial charge in [0.15, 0.2) is 0 Å². The summed E-state index contributed by atoms with van der Waals surface area (Å²) in [5.41, 5.74) is 11.9. The minimum absolute atomic E-state index is 0.0743. The van der Waals surface area contributed by atoms with Gasteiger partial charge in [0.1, 0.15) is 12.2 Å². The van der Waals surface area contributed by atoms with Crippen LogP contribution in [-0.2, 0) is 64.8 Å². The molecule has 21 heteroatoms. The number of nitrogens with two attached hydrogens (primary N) is 2. The minimum Gasteiger partial charge on any atom is -0.463 e. The van der Waals surface area contributed by atoms with Crippen LogP contribution >= 0.6 is 15.6 Å². The van der Waals surface area contributed by atoms with E-state index in [-0.39, 0.29) is 103 Å². The fourth-order valence-electron chi connectivity index (χ4n) is 3.34. The number of phosphoric ester groups is 2. The molecule has 50 heavy (non-hydrogen) atoms. The summed E-state index contributed by atoms with van der Waals surface area (Å²) in [6, 6.07) is -1.96. The van der Waals surface area contributed by atoms with E-state index in [1.807, 2.05) is 0 Å². The van der Waals surface area contributed by atoms with Gasteiger partial charge in [0.25, 0.3) is 0 Å². The van der Waals surface area contributed by atoms with Gasteiger partial charge in [-0.25, -0.2) is 13.9 Å². The molecule has 0 aromatic rings. The number of hydrogen-bond donors (Lipinski definition) is 4. The van der Waals surface area contributed by atoms with Crippen LogP contribution < -0.4 is 22.1 Å². The number of carbonyl (C=O) groups excluding carboxylic acids is 3. The summed E-state index contributed by atoms with van der Waals surface area (Å²) >= 11 is 0. The van der Waals surface area contributed by atoms with Gasteiger partial charge in [-0.15, -0.1) is 13.2 Å². The van der Waals surface area contributed by atoms with E-state index >= 15 is 0 Å². The van der Waals surface area contributed by atoms with Gasteiger partial charge in [0.2, 0.25) is 0 Å². The van der Waals surface area contributed by atoms with Crippen LogP contribution in [0, 0.1) is 0 Å². The molecule has 0 aromatic heterocycles. The lowest BCUT2D eigenvalue weighted by molar-refractivity contribution is -0.147.